The molecule has 2 amide bonds. The quantitative estimate of drug-likeness (QED) is 0.747. The SMILES string of the molecule is O=C(NCC1CCCN(CCO)C1)Nc1ccc(-c2ccccc2)cc1. The fourth-order valence-electron chi connectivity index (χ4n) is 3.45. The Balaban J connectivity index is 1.46. The van der Waals surface area contributed by atoms with Crippen LogP contribution in [0.25, 0.3) is 11.1 Å². The highest BCUT2D eigenvalue weighted by Crippen LogP contribution is 2.21. The number of carbonyl (C=O) groups is 1. The maximum atomic E-state index is 12.1. The zero-order valence-corrected chi connectivity index (χ0v) is 15.0. The molecule has 1 saturated heterocycles. The lowest BCUT2D eigenvalue weighted by atomic mass is 9.98. The molecule has 1 aliphatic rings. The molecule has 5 heteroatoms. The summed E-state index contributed by atoms with van der Waals surface area (Å²) in [6, 6.07) is 17.9. The van der Waals surface area contributed by atoms with Crippen molar-refractivity contribution in [3.63, 3.8) is 0 Å². The van der Waals surface area contributed by atoms with Gasteiger partial charge in [-0.2, -0.15) is 0 Å². The molecule has 0 aliphatic carbocycles. The van der Waals surface area contributed by atoms with Gasteiger partial charge in [-0.15, -0.1) is 0 Å². The van der Waals surface area contributed by atoms with Gasteiger partial charge in [0.15, 0.2) is 0 Å². The third kappa shape index (κ3) is 5.31. The van der Waals surface area contributed by atoms with Crippen molar-refractivity contribution in [3.8, 4) is 11.1 Å². The topological polar surface area (TPSA) is 64.6 Å². The van der Waals surface area contributed by atoms with Crippen molar-refractivity contribution in [1.82, 2.24) is 10.2 Å². The molecule has 0 saturated carbocycles. The molecule has 3 N–H and O–H groups in total. The monoisotopic (exact) mass is 353 g/mol. The van der Waals surface area contributed by atoms with Crippen LogP contribution < -0.4 is 10.6 Å². The van der Waals surface area contributed by atoms with Gasteiger partial charge in [0.1, 0.15) is 0 Å². The Bertz CT molecular complexity index is 686. The second-order valence-electron chi connectivity index (χ2n) is 6.81. The molecule has 3 rings (SSSR count). The van der Waals surface area contributed by atoms with Crippen LogP contribution >= 0.6 is 0 Å². The Labute approximate surface area is 155 Å². The van der Waals surface area contributed by atoms with Crippen LogP contribution in [-0.2, 0) is 0 Å². The van der Waals surface area contributed by atoms with E-state index in [-0.39, 0.29) is 12.6 Å². The molecule has 0 spiro atoms. The number of piperidine rings is 1. The summed E-state index contributed by atoms with van der Waals surface area (Å²) in [5.41, 5.74) is 3.07. The molecule has 1 heterocycles. The largest absolute Gasteiger partial charge is 0.395 e. The molecule has 2 aromatic rings. The molecule has 1 unspecified atom stereocenters. The van der Waals surface area contributed by atoms with Gasteiger partial charge in [0.2, 0.25) is 0 Å². The predicted molar refractivity (Wildman–Crippen MR) is 105 cm³/mol. The van der Waals surface area contributed by atoms with Crippen LogP contribution in [0.5, 0.6) is 0 Å². The second kappa shape index (κ2) is 9.36. The van der Waals surface area contributed by atoms with E-state index >= 15 is 0 Å². The van der Waals surface area contributed by atoms with Gasteiger partial charge in [-0.25, -0.2) is 4.79 Å². The first-order chi connectivity index (χ1) is 12.7. The number of nitrogens with one attached hydrogen (secondary N) is 2. The fourth-order valence-corrected chi connectivity index (χ4v) is 3.45. The summed E-state index contributed by atoms with van der Waals surface area (Å²) >= 11 is 0. The summed E-state index contributed by atoms with van der Waals surface area (Å²) in [7, 11) is 0. The van der Waals surface area contributed by atoms with E-state index in [1.165, 1.54) is 0 Å². The van der Waals surface area contributed by atoms with Gasteiger partial charge in [-0.3, -0.25) is 0 Å². The minimum atomic E-state index is -0.170. The van der Waals surface area contributed by atoms with Crippen molar-refractivity contribution in [2.45, 2.75) is 12.8 Å². The summed E-state index contributed by atoms with van der Waals surface area (Å²) in [5, 5.41) is 14.9. The van der Waals surface area contributed by atoms with Crippen LogP contribution in [0.15, 0.2) is 54.6 Å². The number of aliphatic hydroxyl groups is 1. The standard InChI is InChI=1S/C21H27N3O2/c25-14-13-24-12-4-5-17(16-24)15-22-21(26)23-20-10-8-19(9-11-20)18-6-2-1-3-7-18/h1-3,6-11,17,25H,4-5,12-16H2,(H2,22,23,26). The van der Waals surface area contributed by atoms with Gasteiger partial charge < -0.3 is 20.6 Å². The molecule has 1 atom stereocenters. The number of likely N-dealkylation sites (tertiary alicyclic amines) is 1. The molecule has 0 bridgehead atoms. The minimum absolute atomic E-state index is 0.170. The van der Waals surface area contributed by atoms with Gasteiger partial charge in [0, 0.05) is 25.3 Å². The smallest absolute Gasteiger partial charge is 0.319 e. The van der Waals surface area contributed by atoms with Crippen LogP contribution in [0.2, 0.25) is 0 Å². The maximum Gasteiger partial charge on any atom is 0.319 e. The Hall–Kier alpha value is -2.37. The number of anilines is 1. The van der Waals surface area contributed by atoms with E-state index in [0.29, 0.717) is 12.5 Å². The third-order valence-electron chi connectivity index (χ3n) is 4.82. The molecule has 26 heavy (non-hydrogen) atoms. The van der Waals surface area contributed by atoms with Crippen LogP contribution in [0.1, 0.15) is 12.8 Å². The molecule has 0 radical (unpaired) electrons. The molecular weight excluding hydrogens is 326 g/mol. The maximum absolute atomic E-state index is 12.1. The Morgan fingerprint density at radius 2 is 1.81 bits per heavy atom. The predicted octanol–water partition coefficient (Wildman–Crippen LogP) is 3.18. The van der Waals surface area contributed by atoms with Crippen molar-refractivity contribution >= 4 is 11.7 Å². The van der Waals surface area contributed by atoms with Gasteiger partial charge in [-0.1, -0.05) is 42.5 Å². The number of β-amino-alcohol motifs (C(OH)–C–C–N with tert-alkyl or cyclic N) is 1. The zero-order valence-electron chi connectivity index (χ0n) is 15.0. The lowest BCUT2D eigenvalue weighted by molar-refractivity contribution is 0.139. The molecule has 1 fully saturated rings. The second-order valence-corrected chi connectivity index (χ2v) is 6.81. The first kappa shape index (κ1) is 18.4. The highest BCUT2D eigenvalue weighted by molar-refractivity contribution is 5.89. The summed E-state index contributed by atoms with van der Waals surface area (Å²) in [5.74, 6) is 0.446. The number of urea groups is 1. The third-order valence-corrected chi connectivity index (χ3v) is 4.82. The first-order valence-corrected chi connectivity index (χ1v) is 9.28. The highest BCUT2D eigenvalue weighted by Gasteiger charge is 2.19. The Kier molecular flexibility index (Phi) is 6.63. The summed E-state index contributed by atoms with van der Waals surface area (Å²) < 4.78 is 0. The number of hydrogen-bond donors (Lipinski definition) is 3. The number of benzene rings is 2. The normalized spacial score (nSPS) is 17.7. The number of aliphatic hydroxyl groups excluding tert-OH is 1. The molecular formula is C21H27N3O2. The van der Waals surface area contributed by atoms with Crippen molar-refractivity contribution in [1.29, 1.82) is 0 Å². The lowest BCUT2D eigenvalue weighted by Gasteiger charge is -2.32. The van der Waals surface area contributed by atoms with E-state index in [1.54, 1.807) is 0 Å². The molecule has 0 aromatic heterocycles. The van der Waals surface area contributed by atoms with Crippen LogP contribution in [0.4, 0.5) is 10.5 Å². The Morgan fingerprint density at radius 1 is 1.08 bits per heavy atom. The average molecular weight is 353 g/mol. The first-order valence-electron chi connectivity index (χ1n) is 9.28. The van der Waals surface area contributed by atoms with Crippen LogP contribution in [0.3, 0.4) is 0 Å². The van der Waals surface area contributed by atoms with Gasteiger partial charge in [0.25, 0.3) is 0 Å². The van der Waals surface area contributed by atoms with Crippen LogP contribution in [-0.4, -0.2) is 48.8 Å². The average Bonchev–Trinajstić information content (AvgIpc) is 2.68. The van der Waals surface area contributed by atoms with Crippen molar-refractivity contribution in [2.75, 3.05) is 38.1 Å². The van der Waals surface area contributed by atoms with Crippen molar-refractivity contribution in [2.24, 2.45) is 5.92 Å². The van der Waals surface area contributed by atoms with Crippen LogP contribution in [0, 0.1) is 5.92 Å². The summed E-state index contributed by atoms with van der Waals surface area (Å²) in [4.78, 5) is 14.4. The van der Waals surface area contributed by atoms with E-state index < -0.39 is 0 Å². The zero-order chi connectivity index (χ0) is 18.2. The van der Waals surface area contributed by atoms with Crippen molar-refractivity contribution in [3.05, 3.63) is 54.6 Å². The van der Waals surface area contributed by atoms with Gasteiger partial charge >= 0.3 is 6.03 Å². The fraction of sp³-hybridized carbons (Fsp3) is 0.381. The molecule has 138 valence electrons. The molecule has 1 aliphatic heterocycles. The van der Waals surface area contributed by atoms with Gasteiger partial charge in [-0.05, 0) is 48.6 Å². The van der Waals surface area contributed by atoms with E-state index in [0.717, 1.165) is 49.3 Å². The Morgan fingerprint density at radius 3 is 2.54 bits per heavy atom. The van der Waals surface area contributed by atoms with E-state index in [4.69, 9.17) is 5.11 Å². The number of carbonyl (C=O) groups excluding carboxylic acids is 1. The number of amides is 2. The van der Waals surface area contributed by atoms with Crippen molar-refractivity contribution < 1.29 is 9.90 Å². The number of rotatable bonds is 6. The van der Waals surface area contributed by atoms with Gasteiger partial charge in [0.05, 0.1) is 6.61 Å². The summed E-state index contributed by atoms with van der Waals surface area (Å²) in [6.45, 7) is 3.55. The minimum Gasteiger partial charge on any atom is -0.395 e. The van der Waals surface area contributed by atoms with E-state index in [9.17, 15) is 4.79 Å². The molecule has 5 nitrogen and oxygen atoms in total. The number of hydrogen-bond acceptors (Lipinski definition) is 3. The summed E-state index contributed by atoms with van der Waals surface area (Å²) in [6.07, 6.45) is 2.24. The van der Waals surface area contributed by atoms with E-state index in [1.807, 2.05) is 42.5 Å². The van der Waals surface area contributed by atoms with E-state index in [2.05, 4.69) is 27.7 Å². The molecule has 2 aromatic carbocycles. The highest BCUT2D eigenvalue weighted by atomic mass is 16.3. The lowest BCUT2D eigenvalue weighted by Crippen LogP contribution is -2.42. The number of nitrogens with zero attached hydrogens (tertiary/aromatic N) is 1.